The number of benzene rings is 3. The molecule has 0 radical (unpaired) electrons. The second kappa shape index (κ2) is 10.8. The van der Waals surface area contributed by atoms with Crippen LogP contribution in [0.4, 0.5) is 5.69 Å². The highest BCUT2D eigenvalue weighted by Gasteiger charge is 2.35. The average molecular weight is 501 g/mol. The molecule has 0 aromatic heterocycles. The number of fused-ring (bicyclic) bond motifs is 1. The number of nitrogens with one attached hydrogen (secondary N) is 2. The Morgan fingerprint density at radius 3 is 2.38 bits per heavy atom. The second-order valence-corrected chi connectivity index (χ2v) is 9.48. The summed E-state index contributed by atoms with van der Waals surface area (Å²) in [5.74, 6) is -1.02. The summed E-state index contributed by atoms with van der Waals surface area (Å²) in [7, 11) is 0. The van der Waals surface area contributed by atoms with Gasteiger partial charge >= 0.3 is 0 Å². The lowest BCUT2D eigenvalue weighted by Crippen LogP contribution is -2.59. The molecule has 1 heterocycles. The summed E-state index contributed by atoms with van der Waals surface area (Å²) >= 11 is 0. The number of anilines is 1. The van der Waals surface area contributed by atoms with Crippen LogP contribution in [-0.4, -0.2) is 59.1 Å². The molecular formula is C29H32N4O4. The van der Waals surface area contributed by atoms with Crippen LogP contribution in [0.2, 0.25) is 0 Å². The lowest BCUT2D eigenvalue weighted by molar-refractivity contribution is -0.144. The lowest BCUT2D eigenvalue weighted by atomic mass is 9.99. The zero-order valence-corrected chi connectivity index (χ0v) is 21.6. The van der Waals surface area contributed by atoms with Crippen LogP contribution in [0.3, 0.4) is 0 Å². The number of hydrogen-bond acceptors (Lipinski definition) is 4. The van der Waals surface area contributed by atoms with Gasteiger partial charge in [-0.3, -0.25) is 19.2 Å². The molecule has 37 heavy (non-hydrogen) atoms. The molecule has 2 N–H and O–H groups in total. The average Bonchev–Trinajstić information content (AvgIpc) is 2.88. The topological polar surface area (TPSA) is 98.8 Å². The first-order valence-corrected chi connectivity index (χ1v) is 12.4. The second-order valence-electron chi connectivity index (χ2n) is 9.48. The zero-order valence-electron chi connectivity index (χ0n) is 21.6. The zero-order chi connectivity index (χ0) is 26.7. The van der Waals surface area contributed by atoms with Gasteiger partial charge in [0.2, 0.25) is 17.7 Å². The Bertz CT molecular complexity index is 1360. The first-order valence-electron chi connectivity index (χ1n) is 12.4. The Labute approximate surface area is 216 Å². The van der Waals surface area contributed by atoms with Gasteiger partial charge in [0, 0.05) is 38.2 Å². The summed E-state index contributed by atoms with van der Waals surface area (Å²) in [6, 6.07) is 18.2. The highest BCUT2D eigenvalue weighted by Crippen LogP contribution is 2.25. The molecule has 0 saturated carbocycles. The summed E-state index contributed by atoms with van der Waals surface area (Å²) in [6.07, 6.45) is 0. The van der Waals surface area contributed by atoms with Crippen LogP contribution in [0.1, 0.15) is 48.3 Å². The van der Waals surface area contributed by atoms with Gasteiger partial charge in [-0.15, -0.1) is 0 Å². The SMILES string of the molecule is CC(=O)N1CCN(C(C)=O)C(C(=O)Nc2ccc(C)c(C(=O)N[C@H](C)c3cccc4ccccc34)c2)C1. The van der Waals surface area contributed by atoms with E-state index < -0.39 is 11.9 Å². The summed E-state index contributed by atoms with van der Waals surface area (Å²) in [4.78, 5) is 53.5. The van der Waals surface area contributed by atoms with Gasteiger partial charge in [0.15, 0.2) is 0 Å². The van der Waals surface area contributed by atoms with Gasteiger partial charge in [-0.25, -0.2) is 0 Å². The number of carbonyl (C=O) groups is 4. The van der Waals surface area contributed by atoms with Gasteiger partial charge in [-0.2, -0.15) is 0 Å². The number of hydrogen-bond donors (Lipinski definition) is 2. The Balaban J connectivity index is 1.51. The molecule has 3 aromatic carbocycles. The molecule has 1 unspecified atom stereocenters. The van der Waals surface area contributed by atoms with Crippen molar-refractivity contribution in [1.82, 2.24) is 15.1 Å². The van der Waals surface area contributed by atoms with Crippen molar-refractivity contribution in [2.75, 3.05) is 25.0 Å². The van der Waals surface area contributed by atoms with Crippen molar-refractivity contribution in [2.45, 2.75) is 39.8 Å². The molecule has 1 aliphatic heterocycles. The Kier molecular flexibility index (Phi) is 7.57. The maximum absolute atomic E-state index is 13.3. The minimum atomic E-state index is -0.805. The maximum atomic E-state index is 13.3. The Hall–Kier alpha value is -4.20. The minimum Gasteiger partial charge on any atom is -0.345 e. The maximum Gasteiger partial charge on any atom is 0.252 e. The molecule has 2 atom stereocenters. The number of carbonyl (C=O) groups excluding carboxylic acids is 4. The fourth-order valence-corrected chi connectivity index (χ4v) is 4.82. The van der Waals surface area contributed by atoms with Gasteiger partial charge in [0.25, 0.3) is 5.91 Å². The van der Waals surface area contributed by atoms with Gasteiger partial charge < -0.3 is 20.4 Å². The normalized spacial score (nSPS) is 16.3. The van der Waals surface area contributed by atoms with Crippen LogP contribution in [0.5, 0.6) is 0 Å². The van der Waals surface area contributed by atoms with E-state index >= 15 is 0 Å². The summed E-state index contributed by atoms with van der Waals surface area (Å²) in [5.41, 5.74) is 2.68. The van der Waals surface area contributed by atoms with E-state index in [1.165, 1.54) is 18.7 Å². The van der Waals surface area contributed by atoms with E-state index in [0.717, 1.165) is 21.9 Å². The largest absolute Gasteiger partial charge is 0.345 e. The molecule has 1 saturated heterocycles. The van der Waals surface area contributed by atoms with Crippen molar-refractivity contribution in [3.63, 3.8) is 0 Å². The number of amides is 4. The Morgan fingerprint density at radius 1 is 0.919 bits per heavy atom. The Morgan fingerprint density at radius 2 is 1.65 bits per heavy atom. The first-order chi connectivity index (χ1) is 17.7. The number of rotatable bonds is 5. The van der Waals surface area contributed by atoms with E-state index in [1.54, 1.807) is 23.1 Å². The van der Waals surface area contributed by atoms with E-state index in [1.807, 2.05) is 56.3 Å². The van der Waals surface area contributed by atoms with Crippen molar-refractivity contribution in [2.24, 2.45) is 0 Å². The molecule has 192 valence electrons. The molecule has 1 aliphatic rings. The van der Waals surface area contributed by atoms with Crippen molar-refractivity contribution in [3.05, 3.63) is 77.4 Å². The van der Waals surface area contributed by atoms with Crippen molar-refractivity contribution < 1.29 is 19.2 Å². The van der Waals surface area contributed by atoms with E-state index in [2.05, 4.69) is 10.6 Å². The van der Waals surface area contributed by atoms with E-state index in [0.29, 0.717) is 24.3 Å². The van der Waals surface area contributed by atoms with Crippen LogP contribution in [0, 0.1) is 6.92 Å². The summed E-state index contributed by atoms with van der Waals surface area (Å²) < 4.78 is 0. The third-order valence-electron chi connectivity index (χ3n) is 6.92. The molecule has 8 heteroatoms. The summed E-state index contributed by atoms with van der Waals surface area (Å²) in [6.45, 7) is 7.45. The molecule has 8 nitrogen and oxygen atoms in total. The number of piperazine rings is 1. The van der Waals surface area contributed by atoms with Crippen LogP contribution in [0.25, 0.3) is 10.8 Å². The third-order valence-corrected chi connectivity index (χ3v) is 6.92. The fraction of sp³-hybridized carbons (Fsp3) is 0.310. The lowest BCUT2D eigenvalue weighted by Gasteiger charge is -2.39. The molecule has 0 spiro atoms. The number of nitrogens with zero attached hydrogens (tertiary/aromatic N) is 2. The van der Waals surface area contributed by atoms with Crippen LogP contribution in [-0.2, 0) is 14.4 Å². The highest BCUT2D eigenvalue weighted by molar-refractivity contribution is 6.01. The molecule has 4 rings (SSSR count). The van der Waals surface area contributed by atoms with Crippen LogP contribution < -0.4 is 10.6 Å². The first kappa shape index (κ1) is 25.9. The summed E-state index contributed by atoms with van der Waals surface area (Å²) in [5, 5.41) is 8.10. The van der Waals surface area contributed by atoms with Crippen molar-refractivity contribution in [3.8, 4) is 0 Å². The van der Waals surface area contributed by atoms with Gasteiger partial charge in [-0.05, 0) is 47.9 Å². The molecular weight excluding hydrogens is 468 g/mol. The molecule has 4 amide bonds. The van der Waals surface area contributed by atoms with E-state index in [-0.39, 0.29) is 30.3 Å². The predicted molar refractivity (Wildman–Crippen MR) is 143 cm³/mol. The highest BCUT2D eigenvalue weighted by atomic mass is 16.2. The smallest absolute Gasteiger partial charge is 0.252 e. The monoisotopic (exact) mass is 500 g/mol. The van der Waals surface area contributed by atoms with Gasteiger partial charge in [0.05, 0.1) is 12.6 Å². The number of aryl methyl sites for hydroxylation is 1. The predicted octanol–water partition coefficient (Wildman–Crippen LogP) is 3.66. The fourth-order valence-electron chi connectivity index (χ4n) is 4.82. The van der Waals surface area contributed by atoms with Gasteiger partial charge in [0.1, 0.15) is 6.04 Å². The van der Waals surface area contributed by atoms with E-state index in [9.17, 15) is 19.2 Å². The van der Waals surface area contributed by atoms with Crippen molar-refractivity contribution in [1.29, 1.82) is 0 Å². The molecule has 0 aliphatic carbocycles. The minimum absolute atomic E-state index is 0.127. The molecule has 3 aromatic rings. The standard InChI is InChI=1S/C29H32N4O4/c1-18-12-13-23(31-29(37)27-17-32(20(3)34)14-15-33(27)21(4)35)16-26(18)28(36)30-19(2)24-11-7-9-22-8-5-6-10-25(22)24/h5-13,16,19,27H,14-15,17H2,1-4H3,(H,30,36)(H,31,37)/t19-,27?/m1/s1. The van der Waals surface area contributed by atoms with Crippen LogP contribution >= 0.6 is 0 Å². The third kappa shape index (κ3) is 5.63. The van der Waals surface area contributed by atoms with Crippen molar-refractivity contribution >= 4 is 40.1 Å². The molecule has 1 fully saturated rings. The quantitative estimate of drug-likeness (QED) is 0.559. The van der Waals surface area contributed by atoms with Crippen LogP contribution in [0.15, 0.2) is 60.7 Å². The van der Waals surface area contributed by atoms with Gasteiger partial charge in [-0.1, -0.05) is 48.5 Å². The van der Waals surface area contributed by atoms with E-state index in [4.69, 9.17) is 0 Å². The molecule has 0 bridgehead atoms.